The number of carbonyl (C=O) groups excluding carboxylic acids is 3. The van der Waals surface area contributed by atoms with Gasteiger partial charge < -0.3 is 19.1 Å². The molecule has 2 aliphatic heterocycles. The van der Waals surface area contributed by atoms with Crippen molar-refractivity contribution in [1.82, 2.24) is 4.90 Å². The number of rotatable bonds is 6. The molecular weight excluding hydrogens is 424 g/mol. The molecule has 33 heavy (non-hydrogen) atoms. The molecule has 1 fully saturated rings. The Morgan fingerprint density at radius 2 is 1.85 bits per heavy atom. The Balaban J connectivity index is 1.54. The molecular formula is C25H28N2O6. The molecule has 1 unspecified atom stereocenters. The van der Waals surface area contributed by atoms with Crippen LogP contribution in [0.15, 0.2) is 36.4 Å². The number of ether oxygens (including phenoxy) is 3. The van der Waals surface area contributed by atoms with Gasteiger partial charge in [0.05, 0.1) is 18.9 Å². The second-order valence-corrected chi connectivity index (χ2v) is 8.33. The standard InChI is InChI=1S/C25H28N2O6/c1-16-4-5-17(2)23(12-16)32-14-21(28)19-6-7-22-20(13-19)27(24(29)15-33-22)18(3)25(30)26-8-10-31-11-9-26/h4-7,12-13,18H,8-11,14-15H2,1-3H3. The monoisotopic (exact) mass is 452 g/mol. The topological polar surface area (TPSA) is 85.4 Å². The van der Waals surface area contributed by atoms with Gasteiger partial charge in [0.15, 0.2) is 19.0 Å². The van der Waals surface area contributed by atoms with Crippen LogP contribution in [0.3, 0.4) is 0 Å². The Hall–Kier alpha value is -3.39. The van der Waals surface area contributed by atoms with Crippen LogP contribution in [-0.4, -0.2) is 68.1 Å². The minimum absolute atomic E-state index is 0.139. The van der Waals surface area contributed by atoms with Gasteiger partial charge in [-0.25, -0.2) is 0 Å². The summed E-state index contributed by atoms with van der Waals surface area (Å²) >= 11 is 0. The average molecular weight is 453 g/mol. The minimum atomic E-state index is -0.727. The van der Waals surface area contributed by atoms with Gasteiger partial charge in [-0.2, -0.15) is 0 Å². The Kier molecular flexibility index (Phi) is 6.65. The van der Waals surface area contributed by atoms with Crippen LogP contribution >= 0.6 is 0 Å². The summed E-state index contributed by atoms with van der Waals surface area (Å²) in [4.78, 5) is 41.8. The second kappa shape index (κ2) is 9.62. The summed E-state index contributed by atoms with van der Waals surface area (Å²) in [5.41, 5.74) is 2.79. The van der Waals surface area contributed by atoms with E-state index in [9.17, 15) is 14.4 Å². The molecule has 0 aliphatic carbocycles. The molecule has 2 aromatic rings. The van der Waals surface area contributed by atoms with Crippen LogP contribution < -0.4 is 14.4 Å². The lowest BCUT2D eigenvalue weighted by molar-refractivity contribution is -0.138. The number of Topliss-reactive ketones (excluding diaryl/α,β-unsaturated/α-hetero) is 1. The van der Waals surface area contributed by atoms with Crippen LogP contribution in [0.25, 0.3) is 0 Å². The van der Waals surface area contributed by atoms with Crippen LogP contribution in [0.1, 0.15) is 28.4 Å². The first-order valence-corrected chi connectivity index (χ1v) is 11.0. The van der Waals surface area contributed by atoms with Crippen LogP contribution in [0, 0.1) is 13.8 Å². The van der Waals surface area contributed by atoms with Crippen molar-refractivity contribution in [3.05, 3.63) is 53.1 Å². The van der Waals surface area contributed by atoms with Crippen molar-refractivity contribution in [1.29, 1.82) is 0 Å². The maximum atomic E-state index is 13.0. The first kappa shape index (κ1) is 22.8. The minimum Gasteiger partial charge on any atom is -0.485 e. The van der Waals surface area contributed by atoms with E-state index < -0.39 is 6.04 Å². The first-order valence-electron chi connectivity index (χ1n) is 11.0. The third kappa shape index (κ3) is 4.85. The smallest absolute Gasteiger partial charge is 0.265 e. The zero-order chi connectivity index (χ0) is 23.5. The maximum Gasteiger partial charge on any atom is 0.265 e. The summed E-state index contributed by atoms with van der Waals surface area (Å²) in [7, 11) is 0. The van der Waals surface area contributed by atoms with Crippen LogP contribution in [0.2, 0.25) is 0 Å². The van der Waals surface area contributed by atoms with Gasteiger partial charge in [0.25, 0.3) is 5.91 Å². The van der Waals surface area contributed by atoms with E-state index in [2.05, 4.69) is 0 Å². The highest BCUT2D eigenvalue weighted by Gasteiger charge is 2.36. The maximum absolute atomic E-state index is 13.0. The number of benzene rings is 2. The third-order valence-corrected chi connectivity index (χ3v) is 5.93. The Bertz CT molecular complexity index is 1080. The SMILES string of the molecule is Cc1ccc(C)c(OCC(=O)c2ccc3c(c2)N(C(C)C(=O)N2CCOCC2)C(=O)CO3)c1. The van der Waals surface area contributed by atoms with Gasteiger partial charge in [0, 0.05) is 18.7 Å². The molecule has 2 aliphatic rings. The molecule has 8 nitrogen and oxygen atoms in total. The summed E-state index contributed by atoms with van der Waals surface area (Å²) < 4.78 is 16.6. The number of amides is 2. The zero-order valence-corrected chi connectivity index (χ0v) is 19.1. The van der Waals surface area contributed by atoms with Crippen molar-refractivity contribution < 1.29 is 28.6 Å². The molecule has 4 rings (SSSR count). The van der Waals surface area contributed by atoms with E-state index in [1.807, 2.05) is 32.0 Å². The van der Waals surface area contributed by atoms with Crippen molar-refractivity contribution in [3.8, 4) is 11.5 Å². The van der Waals surface area contributed by atoms with Gasteiger partial charge in [-0.3, -0.25) is 19.3 Å². The Morgan fingerprint density at radius 3 is 2.61 bits per heavy atom. The van der Waals surface area contributed by atoms with Gasteiger partial charge >= 0.3 is 0 Å². The zero-order valence-electron chi connectivity index (χ0n) is 19.1. The van der Waals surface area contributed by atoms with E-state index in [0.717, 1.165) is 11.1 Å². The molecule has 8 heteroatoms. The van der Waals surface area contributed by atoms with Gasteiger partial charge in [-0.15, -0.1) is 0 Å². The molecule has 2 heterocycles. The van der Waals surface area contributed by atoms with Crippen molar-refractivity contribution in [2.75, 3.05) is 44.4 Å². The Labute approximate surface area is 193 Å². The van der Waals surface area contributed by atoms with Gasteiger partial charge in [0.1, 0.15) is 17.5 Å². The highest BCUT2D eigenvalue weighted by Crippen LogP contribution is 2.35. The van der Waals surface area contributed by atoms with E-state index in [4.69, 9.17) is 14.2 Å². The first-order chi connectivity index (χ1) is 15.8. The number of anilines is 1. The van der Waals surface area contributed by atoms with Gasteiger partial charge in [-0.1, -0.05) is 12.1 Å². The predicted octanol–water partition coefficient (Wildman–Crippen LogP) is 2.54. The van der Waals surface area contributed by atoms with E-state index in [-0.39, 0.29) is 30.8 Å². The molecule has 0 bridgehead atoms. The number of nitrogens with zero attached hydrogens (tertiary/aromatic N) is 2. The van der Waals surface area contributed by atoms with Crippen LogP contribution in [0.5, 0.6) is 11.5 Å². The van der Waals surface area contributed by atoms with E-state index >= 15 is 0 Å². The predicted molar refractivity (Wildman–Crippen MR) is 122 cm³/mol. The quantitative estimate of drug-likeness (QED) is 0.627. The number of hydrogen-bond donors (Lipinski definition) is 0. The fraction of sp³-hybridized carbons (Fsp3) is 0.400. The summed E-state index contributed by atoms with van der Waals surface area (Å²) in [6, 6.07) is 10.0. The summed E-state index contributed by atoms with van der Waals surface area (Å²) in [5.74, 6) is 0.403. The largest absolute Gasteiger partial charge is 0.485 e. The fourth-order valence-corrected chi connectivity index (χ4v) is 4.02. The molecule has 0 N–H and O–H groups in total. The molecule has 174 valence electrons. The average Bonchev–Trinajstić information content (AvgIpc) is 2.83. The Morgan fingerprint density at radius 1 is 1.09 bits per heavy atom. The van der Waals surface area contributed by atoms with Crippen molar-refractivity contribution in [2.24, 2.45) is 0 Å². The molecule has 2 amide bonds. The van der Waals surface area contributed by atoms with Crippen molar-refractivity contribution in [3.63, 3.8) is 0 Å². The molecule has 0 saturated carbocycles. The molecule has 1 saturated heterocycles. The van der Waals surface area contributed by atoms with E-state index in [0.29, 0.717) is 49.1 Å². The number of hydrogen-bond acceptors (Lipinski definition) is 6. The highest BCUT2D eigenvalue weighted by molar-refractivity contribution is 6.05. The lowest BCUT2D eigenvalue weighted by Gasteiger charge is -2.37. The number of morpholine rings is 1. The number of ketones is 1. The molecule has 0 aromatic heterocycles. The molecule has 0 radical (unpaired) electrons. The second-order valence-electron chi connectivity index (χ2n) is 8.33. The summed E-state index contributed by atoms with van der Waals surface area (Å²) in [6.45, 7) is 7.22. The lowest BCUT2D eigenvalue weighted by Crippen LogP contribution is -2.54. The highest BCUT2D eigenvalue weighted by atomic mass is 16.5. The summed E-state index contributed by atoms with van der Waals surface area (Å²) in [6.07, 6.45) is 0. The number of fused-ring (bicyclic) bond motifs is 1. The van der Waals surface area contributed by atoms with Gasteiger partial charge in [0.2, 0.25) is 5.91 Å². The fourth-order valence-electron chi connectivity index (χ4n) is 4.02. The molecule has 1 atom stereocenters. The number of aryl methyl sites for hydroxylation is 2. The van der Waals surface area contributed by atoms with Crippen LogP contribution in [-0.2, 0) is 14.3 Å². The molecule has 0 spiro atoms. The van der Waals surface area contributed by atoms with Crippen LogP contribution in [0.4, 0.5) is 5.69 Å². The number of carbonyl (C=O) groups is 3. The third-order valence-electron chi connectivity index (χ3n) is 5.93. The lowest BCUT2D eigenvalue weighted by atomic mass is 10.1. The van der Waals surface area contributed by atoms with E-state index in [1.165, 1.54) is 4.90 Å². The summed E-state index contributed by atoms with van der Waals surface area (Å²) in [5, 5.41) is 0. The normalized spacial score (nSPS) is 16.6. The molecule has 2 aromatic carbocycles. The van der Waals surface area contributed by atoms with Crippen molar-refractivity contribution >= 4 is 23.3 Å². The van der Waals surface area contributed by atoms with Crippen molar-refractivity contribution in [2.45, 2.75) is 26.8 Å². The van der Waals surface area contributed by atoms with E-state index in [1.54, 1.807) is 30.0 Å². The van der Waals surface area contributed by atoms with Gasteiger partial charge in [-0.05, 0) is 56.2 Å².